The van der Waals surface area contributed by atoms with Gasteiger partial charge in [-0.15, -0.1) is 0 Å². The van der Waals surface area contributed by atoms with E-state index in [2.05, 4.69) is 197 Å². The summed E-state index contributed by atoms with van der Waals surface area (Å²) in [5.41, 5.74) is 16.7. The molecule has 0 fully saturated rings. The highest BCUT2D eigenvalue weighted by Gasteiger charge is 2.27. The van der Waals surface area contributed by atoms with E-state index in [1.807, 2.05) is 13.8 Å². The van der Waals surface area contributed by atoms with Gasteiger partial charge in [0, 0.05) is 34.6 Å². The minimum atomic E-state index is 0.0208. The molecule has 52 heavy (non-hydrogen) atoms. The summed E-state index contributed by atoms with van der Waals surface area (Å²) < 4.78 is 4.89. The van der Waals surface area contributed by atoms with E-state index in [9.17, 15) is 0 Å². The number of rotatable bonds is 5. The molecule has 1 aliphatic carbocycles. The van der Waals surface area contributed by atoms with Crippen LogP contribution in [0.3, 0.4) is 0 Å². The van der Waals surface area contributed by atoms with E-state index < -0.39 is 0 Å². The number of nitrogens with zero attached hydrogens (tertiary/aromatic N) is 2. The topological polar surface area (TPSA) is 9.86 Å². The molecule has 0 aliphatic heterocycles. The largest absolute Gasteiger partial charge is 0.319 e. The maximum Gasteiger partial charge on any atom is 0.0534 e. The second kappa shape index (κ2) is 14.0. The molecule has 0 saturated carbocycles. The average molecular weight is 681 g/mol. The first-order valence-electron chi connectivity index (χ1n) is 19.0. The zero-order valence-corrected chi connectivity index (χ0v) is 32.2. The summed E-state index contributed by atoms with van der Waals surface area (Å²) in [6.45, 7) is 17.9. The second-order valence-corrected chi connectivity index (χ2v) is 15.8. The van der Waals surface area contributed by atoms with E-state index >= 15 is 0 Å². The van der Waals surface area contributed by atoms with Crippen LogP contribution in [0.2, 0.25) is 0 Å². The molecule has 0 unspecified atom stereocenters. The van der Waals surface area contributed by atoms with Crippen molar-refractivity contribution in [2.75, 3.05) is 0 Å². The number of para-hydroxylation sites is 3. The van der Waals surface area contributed by atoms with Gasteiger partial charge in [-0.25, -0.2) is 0 Å². The van der Waals surface area contributed by atoms with Gasteiger partial charge < -0.3 is 9.13 Å². The lowest BCUT2D eigenvalue weighted by Gasteiger charge is -2.20. The van der Waals surface area contributed by atoms with Gasteiger partial charge in [0.25, 0.3) is 0 Å². The van der Waals surface area contributed by atoms with E-state index in [0.717, 1.165) is 12.8 Å². The Morgan fingerprint density at radius 3 is 1.42 bits per heavy atom. The van der Waals surface area contributed by atoms with Crippen LogP contribution in [0.1, 0.15) is 84.2 Å². The van der Waals surface area contributed by atoms with Crippen molar-refractivity contribution in [1.82, 2.24) is 9.13 Å². The number of allylic oxidation sites excluding steroid dienone is 1. The fourth-order valence-corrected chi connectivity index (χ4v) is 7.94. The number of hydrogen-bond donors (Lipinski definition) is 0. The molecule has 0 bridgehead atoms. The van der Waals surface area contributed by atoms with E-state index in [0.29, 0.717) is 0 Å². The zero-order chi connectivity index (χ0) is 36.6. The van der Waals surface area contributed by atoms with Gasteiger partial charge in [0.2, 0.25) is 0 Å². The Kier molecular flexibility index (Phi) is 9.44. The highest BCUT2D eigenvalue weighted by Crippen LogP contribution is 2.44. The minimum Gasteiger partial charge on any atom is -0.319 e. The van der Waals surface area contributed by atoms with Gasteiger partial charge in [0.1, 0.15) is 0 Å². The molecule has 0 amide bonds. The van der Waals surface area contributed by atoms with Gasteiger partial charge >= 0.3 is 0 Å². The molecule has 2 heteroatoms. The summed E-state index contributed by atoms with van der Waals surface area (Å²) in [6, 6.07) is 44.5. The lowest BCUT2D eigenvalue weighted by atomic mass is 9.84. The highest BCUT2D eigenvalue weighted by molar-refractivity contribution is 5.96. The Labute approximate surface area is 311 Å². The number of benzene rings is 5. The molecule has 2 nitrogen and oxygen atoms in total. The summed E-state index contributed by atoms with van der Waals surface area (Å²) in [5, 5.41) is 1.31. The molecular formula is C50H52N2. The molecule has 1 aliphatic rings. The summed E-state index contributed by atoms with van der Waals surface area (Å²) in [7, 11) is 0. The fraction of sp³-hybridized carbons (Fsp3) is 0.240. The summed E-state index contributed by atoms with van der Waals surface area (Å²) >= 11 is 0. The standard InChI is InChI=1S/C48H46N2.C2H6/c1-47(2,3)41-31-49(45-29-17-13-25-39(41)45)43-27-15-11-23-37(43)35-21-9-7-19-33(35)34-20-8-10-22-36(34)38-24-12-16-28-44(38)50-32-42(48(4,5)6)40-26-14-18-30-46(40)50;1-2/h7-17,19-29,31-32H,18,30H2,1-6H3;1-2H3. The van der Waals surface area contributed by atoms with Crippen molar-refractivity contribution >= 4 is 17.0 Å². The Bertz CT molecular complexity index is 2400. The van der Waals surface area contributed by atoms with Gasteiger partial charge in [0.15, 0.2) is 0 Å². The number of hydrogen-bond acceptors (Lipinski definition) is 0. The predicted molar refractivity (Wildman–Crippen MR) is 225 cm³/mol. The van der Waals surface area contributed by atoms with Crippen LogP contribution >= 0.6 is 0 Å². The van der Waals surface area contributed by atoms with Crippen molar-refractivity contribution in [2.24, 2.45) is 0 Å². The molecule has 2 aromatic heterocycles. The van der Waals surface area contributed by atoms with Crippen molar-refractivity contribution < 1.29 is 0 Å². The number of aromatic nitrogens is 2. The maximum atomic E-state index is 2.48. The summed E-state index contributed by atoms with van der Waals surface area (Å²) in [5.74, 6) is 0. The second-order valence-electron chi connectivity index (χ2n) is 15.8. The average Bonchev–Trinajstić information content (AvgIpc) is 3.76. The Balaban J connectivity index is 0.00000207. The molecular weight excluding hydrogens is 629 g/mol. The van der Waals surface area contributed by atoms with E-state index in [4.69, 9.17) is 0 Å². The van der Waals surface area contributed by atoms with Gasteiger partial charge in [-0.1, -0.05) is 171 Å². The van der Waals surface area contributed by atoms with E-state index in [1.54, 1.807) is 0 Å². The lowest BCUT2D eigenvalue weighted by Crippen LogP contribution is -2.11. The fourth-order valence-electron chi connectivity index (χ4n) is 7.94. The first-order valence-corrected chi connectivity index (χ1v) is 19.0. The first-order chi connectivity index (χ1) is 25.1. The van der Waals surface area contributed by atoms with Crippen molar-refractivity contribution in [3.05, 3.63) is 162 Å². The van der Waals surface area contributed by atoms with Crippen LogP contribution in [-0.2, 0) is 17.3 Å². The molecule has 7 aromatic rings. The van der Waals surface area contributed by atoms with E-state index in [-0.39, 0.29) is 10.8 Å². The quantitative estimate of drug-likeness (QED) is 0.171. The number of fused-ring (bicyclic) bond motifs is 2. The van der Waals surface area contributed by atoms with Crippen molar-refractivity contribution in [3.8, 4) is 44.8 Å². The molecule has 5 aromatic carbocycles. The molecule has 0 N–H and O–H groups in total. The molecule has 0 atom stereocenters. The molecule has 0 spiro atoms. The summed E-state index contributed by atoms with van der Waals surface area (Å²) in [6.07, 6.45) is 11.5. The normalized spacial score (nSPS) is 12.8. The van der Waals surface area contributed by atoms with Crippen LogP contribution in [0, 0.1) is 0 Å². The minimum absolute atomic E-state index is 0.0208. The maximum absolute atomic E-state index is 2.48. The third kappa shape index (κ3) is 6.26. The van der Waals surface area contributed by atoms with Crippen LogP contribution in [0.5, 0.6) is 0 Å². The van der Waals surface area contributed by atoms with Gasteiger partial charge in [0.05, 0.1) is 16.9 Å². The molecule has 2 heterocycles. The van der Waals surface area contributed by atoms with Crippen molar-refractivity contribution in [3.63, 3.8) is 0 Å². The first kappa shape index (κ1) is 35.1. The van der Waals surface area contributed by atoms with E-state index in [1.165, 1.54) is 78.0 Å². The van der Waals surface area contributed by atoms with Crippen LogP contribution in [0.4, 0.5) is 0 Å². The predicted octanol–water partition coefficient (Wildman–Crippen LogP) is 14.0. The Hall–Kier alpha value is -5.34. The molecule has 0 saturated heterocycles. The lowest BCUT2D eigenvalue weighted by molar-refractivity contribution is 0.589. The molecule has 8 rings (SSSR count). The zero-order valence-electron chi connectivity index (χ0n) is 32.2. The van der Waals surface area contributed by atoms with Crippen molar-refractivity contribution in [2.45, 2.75) is 79.1 Å². The van der Waals surface area contributed by atoms with Crippen LogP contribution < -0.4 is 0 Å². The van der Waals surface area contributed by atoms with Gasteiger partial charge in [-0.3, -0.25) is 0 Å². The Morgan fingerprint density at radius 2 is 0.885 bits per heavy atom. The molecule has 0 radical (unpaired) electrons. The van der Waals surface area contributed by atoms with Crippen LogP contribution in [0.15, 0.2) is 140 Å². The monoisotopic (exact) mass is 680 g/mol. The van der Waals surface area contributed by atoms with Crippen molar-refractivity contribution in [1.29, 1.82) is 0 Å². The SMILES string of the molecule is CC.CC(C)(C)c1cn(-c2ccccc2-c2ccccc2-c2ccccc2-c2ccccc2-n2cc(C(C)(C)C)c3ccccc32)c2c1C=CCC2. The van der Waals surface area contributed by atoms with Gasteiger partial charge in [-0.2, -0.15) is 0 Å². The molecule has 262 valence electrons. The highest BCUT2D eigenvalue weighted by atomic mass is 15.0. The van der Waals surface area contributed by atoms with Crippen LogP contribution in [-0.4, -0.2) is 9.13 Å². The summed E-state index contributed by atoms with van der Waals surface area (Å²) in [4.78, 5) is 0. The van der Waals surface area contributed by atoms with Gasteiger partial charge in [-0.05, 0) is 80.8 Å². The third-order valence-corrected chi connectivity index (χ3v) is 10.4. The van der Waals surface area contributed by atoms with Crippen LogP contribution in [0.25, 0.3) is 61.7 Å². The smallest absolute Gasteiger partial charge is 0.0534 e. The third-order valence-electron chi connectivity index (χ3n) is 10.4. The Morgan fingerprint density at radius 1 is 0.462 bits per heavy atom.